The monoisotopic (exact) mass is 343 g/mol. The third-order valence-corrected chi connectivity index (χ3v) is 5.01. The van der Waals surface area contributed by atoms with Crippen LogP contribution in [0.2, 0.25) is 0 Å². The maximum Gasteiger partial charge on any atom is 0.262 e. The molecule has 0 radical (unpaired) electrons. The van der Waals surface area contributed by atoms with E-state index in [4.69, 9.17) is 18.0 Å². The average molecular weight is 343 g/mol. The smallest absolute Gasteiger partial charge is 0.262 e. The minimum atomic E-state index is -0.0359. The summed E-state index contributed by atoms with van der Waals surface area (Å²) in [5.41, 5.74) is 8.72. The Kier molecular flexibility index (Phi) is 4.28. The van der Waals surface area contributed by atoms with Crippen LogP contribution in [0.1, 0.15) is 16.9 Å². The molecule has 0 aliphatic heterocycles. The zero-order chi connectivity index (χ0) is 16.6. The molecule has 0 amide bonds. The van der Waals surface area contributed by atoms with Gasteiger partial charge in [-0.15, -0.1) is 11.3 Å². The fourth-order valence-electron chi connectivity index (χ4n) is 2.60. The van der Waals surface area contributed by atoms with Crippen LogP contribution in [0.5, 0.6) is 0 Å². The Hall–Kier alpha value is -2.05. The highest BCUT2D eigenvalue weighted by Crippen LogP contribution is 2.35. The van der Waals surface area contributed by atoms with Crippen LogP contribution in [0.4, 0.5) is 0 Å². The maximum absolute atomic E-state index is 12.9. The summed E-state index contributed by atoms with van der Waals surface area (Å²) in [5.74, 6) is 0. The second-order valence-electron chi connectivity index (χ2n) is 5.54. The van der Waals surface area contributed by atoms with Crippen molar-refractivity contribution in [2.45, 2.75) is 26.8 Å². The standard InChI is InChI=1S/C17H17N3OS2/c1-10-3-5-12(6-4-10)14-11(2)23-16-15(14)17(21)20(9-19-16)8-7-13(18)22/h3-6,9H,7-8H2,1-2H3,(H2,18,22). The van der Waals surface area contributed by atoms with Gasteiger partial charge in [-0.3, -0.25) is 9.36 Å². The van der Waals surface area contributed by atoms with Gasteiger partial charge in [0.2, 0.25) is 0 Å². The van der Waals surface area contributed by atoms with E-state index >= 15 is 0 Å². The van der Waals surface area contributed by atoms with Gasteiger partial charge in [0.1, 0.15) is 4.83 Å². The molecule has 0 atom stereocenters. The predicted octanol–water partition coefficient (Wildman–Crippen LogP) is 3.42. The number of fused-ring (bicyclic) bond motifs is 1. The highest BCUT2D eigenvalue weighted by molar-refractivity contribution is 7.80. The maximum atomic E-state index is 12.9. The second-order valence-corrected chi connectivity index (χ2v) is 7.27. The van der Waals surface area contributed by atoms with E-state index < -0.39 is 0 Å². The number of hydrogen-bond donors (Lipinski definition) is 1. The Morgan fingerprint density at radius 1 is 1.30 bits per heavy atom. The summed E-state index contributed by atoms with van der Waals surface area (Å²) in [7, 11) is 0. The largest absolute Gasteiger partial charge is 0.393 e. The molecule has 0 aliphatic carbocycles. The van der Waals surface area contributed by atoms with Gasteiger partial charge in [0, 0.05) is 23.4 Å². The number of nitrogens with zero attached hydrogens (tertiary/aromatic N) is 2. The number of thiophene rings is 1. The van der Waals surface area contributed by atoms with Crippen LogP contribution in [0.15, 0.2) is 35.4 Å². The molecular weight excluding hydrogens is 326 g/mol. The van der Waals surface area contributed by atoms with Gasteiger partial charge in [0.15, 0.2) is 0 Å². The first-order chi connectivity index (χ1) is 11.0. The molecule has 3 rings (SSSR count). The van der Waals surface area contributed by atoms with Crippen molar-refractivity contribution in [3.8, 4) is 11.1 Å². The summed E-state index contributed by atoms with van der Waals surface area (Å²) < 4.78 is 1.59. The molecule has 2 aromatic heterocycles. The normalized spacial score (nSPS) is 11.0. The molecule has 0 unspecified atom stereocenters. The zero-order valence-electron chi connectivity index (χ0n) is 13.0. The molecule has 0 spiro atoms. The van der Waals surface area contributed by atoms with Crippen molar-refractivity contribution >= 4 is 38.8 Å². The van der Waals surface area contributed by atoms with Crippen molar-refractivity contribution in [3.63, 3.8) is 0 Å². The molecule has 0 aliphatic rings. The highest BCUT2D eigenvalue weighted by Gasteiger charge is 2.16. The lowest BCUT2D eigenvalue weighted by Gasteiger charge is -2.06. The zero-order valence-corrected chi connectivity index (χ0v) is 14.6. The first-order valence-electron chi connectivity index (χ1n) is 7.31. The van der Waals surface area contributed by atoms with E-state index in [0.717, 1.165) is 20.8 Å². The van der Waals surface area contributed by atoms with E-state index in [1.807, 2.05) is 13.8 Å². The van der Waals surface area contributed by atoms with Crippen molar-refractivity contribution in [1.82, 2.24) is 9.55 Å². The summed E-state index contributed by atoms with van der Waals surface area (Å²) in [6.07, 6.45) is 2.07. The molecular formula is C17H17N3OS2. The second kappa shape index (κ2) is 6.22. The third-order valence-electron chi connectivity index (χ3n) is 3.79. The molecule has 4 nitrogen and oxygen atoms in total. The van der Waals surface area contributed by atoms with E-state index in [2.05, 4.69) is 29.2 Å². The Morgan fingerprint density at radius 2 is 2.00 bits per heavy atom. The van der Waals surface area contributed by atoms with Crippen molar-refractivity contribution in [2.75, 3.05) is 0 Å². The molecule has 0 fully saturated rings. The fourth-order valence-corrected chi connectivity index (χ4v) is 3.69. The molecule has 6 heteroatoms. The number of rotatable bonds is 4. The molecule has 118 valence electrons. The van der Waals surface area contributed by atoms with E-state index in [9.17, 15) is 4.79 Å². The number of benzene rings is 1. The quantitative estimate of drug-likeness (QED) is 0.738. The van der Waals surface area contributed by atoms with E-state index in [0.29, 0.717) is 23.3 Å². The summed E-state index contributed by atoms with van der Waals surface area (Å²) >= 11 is 6.45. The van der Waals surface area contributed by atoms with Gasteiger partial charge in [-0.1, -0.05) is 42.0 Å². The van der Waals surface area contributed by atoms with Gasteiger partial charge in [-0.2, -0.15) is 0 Å². The van der Waals surface area contributed by atoms with E-state index in [1.165, 1.54) is 5.56 Å². The van der Waals surface area contributed by atoms with Crippen LogP contribution < -0.4 is 11.3 Å². The third kappa shape index (κ3) is 3.04. The molecule has 0 bridgehead atoms. The number of aryl methyl sites for hydroxylation is 3. The highest BCUT2D eigenvalue weighted by atomic mass is 32.1. The summed E-state index contributed by atoms with van der Waals surface area (Å²) in [6, 6.07) is 8.21. The van der Waals surface area contributed by atoms with Crippen LogP contribution >= 0.6 is 23.6 Å². The molecule has 0 saturated carbocycles. The summed E-state index contributed by atoms with van der Waals surface area (Å²) in [4.78, 5) is 19.6. The van der Waals surface area contributed by atoms with Crippen molar-refractivity contribution in [1.29, 1.82) is 0 Å². The van der Waals surface area contributed by atoms with Crippen molar-refractivity contribution in [2.24, 2.45) is 5.73 Å². The topological polar surface area (TPSA) is 60.9 Å². The lowest BCUT2D eigenvalue weighted by molar-refractivity contribution is 0.688. The van der Waals surface area contributed by atoms with Crippen molar-refractivity contribution < 1.29 is 0 Å². The Balaban J connectivity index is 2.19. The fraction of sp³-hybridized carbons (Fsp3) is 0.235. The number of thiocarbonyl (C=S) groups is 1. The molecule has 0 saturated heterocycles. The summed E-state index contributed by atoms with van der Waals surface area (Å²) in [5, 5.41) is 0.682. The van der Waals surface area contributed by atoms with Crippen LogP contribution in [0.25, 0.3) is 21.3 Å². The van der Waals surface area contributed by atoms with Crippen molar-refractivity contribution in [3.05, 3.63) is 51.4 Å². The minimum Gasteiger partial charge on any atom is -0.393 e. The Bertz CT molecular complexity index is 939. The molecule has 2 heterocycles. The van der Waals surface area contributed by atoms with E-state index in [1.54, 1.807) is 22.2 Å². The molecule has 2 N–H and O–H groups in total. The van der Waals surface area contributed by atoms with Gasteiger partial charge in [0.05, 0.1) is 16.7 Å². The first kappa shape index (κ1) is 15.8. The SMILES string of the molecule is Cc1ccc(-c2c(C)sc3ncn(CCC(N)=S)c(=O)c23)cc1. The molecule has 3 aromatic rings. The van der Waals surface area contributed by atoms with Gasteiger partial charge in [-0.25, -0.2) is 4.98 Å². The lowest BCUT2D eigenvalue weighted by Crippen LogP contribution is -2.23. The van der Waals surface area contributed by atoms with Gasteiger partial charge in [-0.05, 0) is 19.4 Å². The number of aromatic nitrogens is 2. The van der Waals surface area contributed by atoms with Crippen LogP contribution in [0.3, 0.4) is 0 Å². The number of nitrogens with two attached hydrogens (primary N) is 1. The predicted molar refractivity (Wildman–Crippen MR) is 100 cm³/mol. The summed E-state index contributed by atoms with van der Waals surface area (Å²) in [6.45, 7) is 4.53. The van der Waals surface area contributed by atoms with Gasteiger partial charge in [0.25, 0.3) is 5.56 Å². The van der Waals surface area contributed by atoms with Crippen LogP contribution in [-0.2, 0) is 6.54 Å². The van der Waals surface area contributed by atoms with Gasteiger partial charge >= 0.3 is 0 Å². The number of hydrogen-bond acceptors (Lipinski definition) is 4. The van der Waals surface area contributed by atoms with Crippen LogP contribution in [-0.4, -0.2) is 14.5 Å². The Labute approximate surface area is 143 Å². The first-order valence-corrected chi connectivity index (χ1v) is 8.53. The molecule has 23 heavy (non-hydrogen) atoms. The Morgan fingerprint density at radius 3 is 2.65 bits per heavy atom. The van der Waals surface area contributed by atoms with Gasteiger partial charge < -0.3 is 5.73 Å². The van der Waals surface area contributed by atoms with Crippen LogP contribution in [0, 0.1) is 13.8 Å². The average Bonchev–Trinajstić information content (AvgIpc) is 2.84. The molecule has 1 aromatic carbocycles. The minimum absolute atomic E-state index is 0.0359. The van der Waals surface area contributed by atoms with E-state index in [-0.39, 0.29) is 5.56 Å². The lowest BCUT2D eigenvalue weighted by atomic mass is 10.0.